The van der Waals surface area contributed by atoms with Crippen LogP contribution in [0.25, 0.3) is 11.1 Å². The van der Waals surface area contributed by atoms with E-state index in [0.717, 1.165) is 28.7 Å². The number of carbonyl (C=O) groups is 3. The van der Waals surface area contributed by atoms with Crippen LogP contribution < -0.4 is 5.32 Å². The number of alkyl carbamates (subject to hydrolysis) is 1. The highest BCUT2D eigenvalue weighted by Crippen LogP contribution is 2.44. The maximum Gasteiger partial charge on any atom is 0.408 e. The van der Waals surface area contributed by atoms with Crippen molar-refractivity contribution in [2.45, 2.75) is 42.7 Å². The molecule has 1 atom stereocenters. The van der Waals surface area contributed by atoms with E-state index in [1.165, 1.54) is 11.9 Å². The third-order valence-corrected chi connectivity index (χ3v) is 7.64. The molecule has 1 aliphatic heterocycles. The Kier molecular flexibility index (Phi) is 5.56. The number of hydrogen-bond donors (Lipinski definition) is 2. The minimum Gasteiger partial charge on any atom is -0.479 e. The first kappa shape index (κ1) is 22.4. The molecule has 2 aromatic rings. The molecule has 1 saturated heterocycles. The SMILES string of the molecule is CN(C(=O)C1(NC(=O)OCC2c3ccccc3-c3ccccc32)CCOC1)C1(C(=O)O)CCC1. The van der Waals surface area contributed by atoms with E-state index in [9.17, 15) is 19.5 Å². The molecule has 8 heteroatoms. The number of likely N-dealkylation sites (N-methyl/N-ethyl adjacent to an activating group) is 1. The highest BCUT2D eigenvalue weighted by molar-refractivity contribution is 5.95. The summed E-state index contributed by atoms with van der Waals surface area (Å²) in [4.78, 5) is 39.5. The van der Waals surface area contributed by atoms with Crippen molar-refractivity contribution >= 4 is 18.0 Å². The van der Waals surface area contributed by atoms with Crippen LogP contribution in [0.15, 0.2) is 48.5 Å². The Balaban J connectivity index is 1.31. The lowest BCUT2D eigenvalue weighted by atomic mass is 9.74. The molecule has 1 saturated carbocycles. The Morgan fingerprint density at radius 1 is 1.06 bits per heavy atom. The van der Waals surface area contributed by atoms with Crippen molar-refractivity contribution in [2.75, 3.05) is 26.9 Å². The summed E-state index contributed by atoms with van der Waals surface area (Å²) in [6.07, 6.45) is 1.08. The van der Waals surface area contributed by atoms with Gasteiger partial charge < -0.3 is 24.8 Å². The van der Waals surface area contributed by atoms with Crippen LogP contribution in [0, 0.1) is 0 Å². The fourth-order valence-corrected chi connectivity index (χ4v) is 5.44. The van der Waals surface area contributed by atoms with Gasteiger partial charge in [0.25, 0.3) is 5.91 Å². The van der Waals surface area contributed by atoms with E-state index < -0.39 is 29.0 Å². The molecule has 2 fully saturated rings. The lowest BCUT2D eigenvalue weighted by Crippen LogP contribution is -2.67. The molecule has 0 radical (unpaired) electrons. The van der Waals surface area contributed by atoms with E-state index in [1.807, 2.05) is 36.4 Å². The van der Waals surface area contributed by atoms with Crippen LogP contribution in [0.5, 0.6) is 0 Å². The number of nitrogens with one attached hydrogen (secondary N) is 1. The van der Waals surface area contributed by atoms with E-state index in [0.29, 0.717) is 19.4 Å². The molecule has 8 nitrogen and oxygen atoms in total. The van der Waals surface area contributed by atoms with Crippen molar-refractivity contribution in [3.8, 4) is 11.1 Å². The second kappa shape index (κ2) is 8.43. The zero-order valence-corrected chi connectivity index (χ0v) is 19.1. The quantitative estimate of drug-likeness (QED) is 0.681. The molecule has 0 spiro atoms. The molecule has 2 aliphatic carbocycles. The average molecular weight is 465 g/mol. The Bertz CT molecular complexity index is 1090. The molecular weight excluding hydrogens is 436 g/mol. The number of benzene rings is 2. The first-order chi connectivity index (χ1) is 16.4. The molecule has 3 aliphatic rings. The molecule has 2 aromatic carbocycles. The minimum absolute atomic E-state index is 0.0178. The van der Waals surface area contributed by atoms with Gasteiger partial charge in [0.1, 0.15) is 17.7 Å². The zero-order chi connectivity index (χ0) is 23.9. The molecule has 2 N–H and O–H groups in total. The number of carboxylic acid groups (broad SMARTS) is 1. The third kappa shape index (κ3) is 3.44. The van der Waals surface area contributed by atoms with Crippen molar-refractivity contribution in [2.24, 2.45) is 0 Å². The number of carbonyl (C=O) groups excluding carboxylic acids is 2. The van der Waals surface area contributed by atoms with Crippen molar-refractivity contribution in [3.63, 3.8) is 0 Å². The van der Waals surface area contributed by atoms with Crippen molar-refractivity contribution < 1.29 is 29.0 Å². The third-order valence-electron chi connectivity index (χ3n) is 7.64. The topological polar surface area (TPSA) is 105 Å². The largest absolute Gasteiger partial charge is 0.479 e. The van der Waals surface area contributed by atoms with E-state index in [4.69, 9.17) is 9.47 Å². The first-order valence-electron chi connectivity index (χ1n) is 11.6. The summed E-state index contributed by atoms with van der Waals surface area (Å²) in [5.74, 6) is -1.58. The molecule has 2 amide bonds. The van der Waals surface area contributed by atoms with Crippen LogP contribution in [-0.2, 0) is 19.1 Å². The average Bonchev–Trinajstić information content (AvgIpc) is 3.39. The van der Waals surface area contributed by atoms with Gasteiger partial charge in [0.05, 0.1) is 6.61 Å². The number of rotatable bonds is 6. The number of nitrogens with zero attached hydrogens (tertiary/aromatic N) is 1. The summed E-state index contributed by atoms with van der Waals surface area (Å²) in [5, 5.41) is 12.5. The van der Waals surface area contributed by atoms with Gasteiger partial charge in [-0.05, 0) is 41.5 Å². The number of fused-ring (bicyclic) bond motifs is 3. The highest BCUT2D eigenvalue weighted by atomic mass is 16.6. The van der Waals surface area contributed by atoms with E-state index in [2.05, 4.69) is 17.4 Å². The molecular formula is C26H28N2O6. The maximum atomic E-state index is 13.4. The molecule has 1 heterocycles. The molecule has 34 heavy (non-hydrogen) atoms. The van der Waals surface area contributed by atoms with Gasteiger partial charge >= 0.3 is 12.1 Å². The van der Waals surface area contributed by atoms with Gasteiger partial charge in [-0.3, -0.25) is 4.79 Å². The number of hydrogen-bond acceptors (Lipinski definition) is 5. The first-order valence-corrected chi connectivity index (χ1v) is 11.6. The van der Waals surface area contributed by atoms with Crippen LogP contribution in [0.1, 0.15) is 42.7 Å². The summed E-state index contributed by atoms with van der Waals surface area (Å²) in [5.41, 5.74) is 1.89. The van der Waals surface area contributed by atoms with E-state index in [1.54, 1.807) is 0 Å². The number of carboxylic acids is 1. The van der Waals surface area contributed by atoms with Crippen LogP contribution in [0.3, 0.4) is 0 Å². The molecule has 0 bridgehead atoms. The van der Waals surface area contributed by atoms with E-state index in [-0.39, 0.29) is 25.6 Å². The molecule has 178 valence electrons. The second-order valence-electron chi connectivity index (χ2n) is 9.39. The van der Waals surface area contributed by atoms with Crippen LogP contribution >= 0.6 is 0 Å². The Morgan fingerprint density at radius 2 is 1.68 bits per heavy atom. The van der Waals surface area contributed by atoms with Gasteiger partial charge in [0.15, 0.2) is 0 Å². The van der Waals surface area contributed by atoms with Gasteiger partial charge in [-0.2, -0.15) is 0 Å². The lowest BCUT2D eigenvalue weighted by Gasteiger charge is -2.47. The summed E-state index contributed by atoms with van der Waals surface area (Å²) in [6, 6.07) is 16.1. The van der Waals surface area contributed by atoms with E-state index >= 15 is 0 Å². The van der Waals surface area contributed by atoms with Crippen LogP contribution in [0.4, 0.5) is 4.79 Å². The Hall–Kier alpha value is -3.39. The van der Waals surface area contributed by atoms with Crippen molar-refractivity contribution in [1.82, 2.24) is 10.2 Å². The summed E-state index contributed by atoms with van der Waals surface area (Å²) >= 11 is 0. The van der Waals surface area contributed by atoms with Gasteiger partial charge in [-0.15, -0.1) is 0 Å². The normalized spacial score (nSPS) is 22.3. The Morgan fingerprint density at radius 3 is 2.18 bits per heavy atom. The lowest BCUT2D eigenvalue weighted by molar-refractivity contribution is -0.167. The van der Waals surface area contributed by atoms with Crippen LogP contribution in [-0.4, -0.2) is 65.9 Å². The number of amides is 2. The van der Waals surface area contributed by atoms with Gasteiger partial charge in [-0.1, -0.05) is 48.5 Å². The Labute approximate surface area is 197 Å². The van der Waals surface area contributed by atoms with Crippen molar-refractivity contribution in [3.05, 3.63) is 59.7 Å². The predicted molar refractivity (Wildman–Crippen MR) is 123 cm³/mol. The predicted octanol–water partition coefficient (Wildman–Crippen LogP) is 3.15. The van der Waals surface area contributed by atoms with Gasteiger partial charge in [0.2, 0.25) is 0 Å². The fraction of sp³-hybridized carbons (Fsp3) is 0.423. The highest BCUT2D eigenvalue weighted by Gasteiger charge is 2.55. The summed E-state index contributed by atoms with van der Waals surface area (Å²) in [6.45, 7) is 0.402. The second-order valence-corrected chi connectivity index (χ2v) is 9.39. The van der Waals surface area contributed by atoms with Crippen molar-refractivity contribution in [1.29, 1.82) is 0 Å². The zero-order valence-electron chi connectivity index (χ0n) is 19.1. The maximum absolute atomic E-state index is 13.4. The monoisotopic (exact) mass is 464 g/mol. The number of aliphatic carboxylic acids is 1. The standard InChI is InChI=1S/C26H28N2O6/c1-28(26(23(30)31)11-6-12-26)22(29)25(13-14-33-16-25)27-24(32)34-15-21-19-9-4-2-7-17(19)18-8-3-5-10-20(18)21/h2-5,7-10,21H,6,11-16H2,1H3,(H,27,32)(H,30,31). The molecule has 0 aromatic heterocycles. The fourth-order valence-electron chi connectivity index (χ4n) is 5.44. The molecule has 5 rings (SSSR count). The van der Waals surface area contributed by atoms with Gasteiger partial charge in [0, 0.05) is 26.0 Å². The van der Waals surface area contributed by atoms with Gasteiger partial charge in [-0.25, -0.2) is 9.59 Å². The molecule has 1 unspecified atom stereocenters. The smallest absolute Gasteiger partial charge is 0.408 e. The minimum atomic E-state index is -1.34. The van der Waals surface area contributed by atoms with Crippen LogP contribution in [0.2, 0.25) is 0 Å². The summed E-state index contributed by atoms with van der Waals surface area (Å²) in [7, 11) is 1.50. The summed E-state index contributed by atoms with van der Waals surface area (Å²) < 4.78 is 11.1. The number of ether oxygens (including phenoxy) is 2.